The summed E-state index contributed by atoms with van der Waals surface area (Å²) < 4.78 is 8.49. The maximum absolute atomic E-state index is 12.7. The van der Waals surface area contributed by atoms with E-state index in [0.717, 1.165) is 22.8 Å². The number of hydrogen-bond acceptors (Lipinski definition) is 7. The molecule has 0 spiro atoms. The molecule has 0 radical (unpaired) electrons. The van der Waals surface area contributed by atoms with Crippen molar-refractivity contribution in [2.75, 3.05) is 36.4 Å². The van der Waals surface area contributed by atoms with Crippen molar-refractivity contribution >= 4 is 40.3 Å². The Kier molecular flexibility index (Phi) is 4.25. The standard InChI is InChI=1S/C16H17N7O2S/c1-10-2-3-11-13(21-26-20-11)12(10)19-16(25)23-8-6-22(7-9-23)14-15(24)18-5-4-17-14/h2-5H,6-9H2,1H3,(H,18,24)(H,19,25). The highest BCUT2D eigenvalue weighted by molar-refractivity contribution is 7.00. The second-order valence-corrected chi connectivity index (χ2v) is 6.56. The summed E-state index contributed by atoms with van der Waals surface area (Å²) in [5, 5.41) is 2.96. The van der Waals surface area contributed by atoms with Crippen LogP contribution in [0.25, 0.3) is 11.0 Å². The van der Waals surface area contributed by atoms with Gasteiger partial charge in [-0.05, 0) is 18.6 Å². The minimum absolute atomic E-state index is 0.178. The average Bonchev–Trinajstić information content (AvgIpc) is 3.13. The molecule has 0 bridgehead atoms. The third-order valence-corrected chi connectivity index (χ3v) is 4.97. The number of anilines is 2. The summed E-state index contributed by atoms with van der Waals surface area (Å²) in [6.07, 6.45) is 3.06. The highest BCUT2D eigenvalue weighted by Gasteiger charge is 2.24. The van der Waals surface area contributed by atoms with Crippen LogP contribution in [0.3, 0.4) is 0 Å². The lowest BCUT2D eigenvalue weighted by Gasteiger charge is -2.34. The van der Waals surface area contributed by atoms with E-state index < -0.39 is 0 Å². The number of fused-ring (bicyclic) bond motifs is 1. The van der Waals surface area contributed by atoms with E-state index in [1.165, 1.54) is 6.20 Å². The fraction of sp³-hybridized carbons (Fsp3) is 0.312. The number of hydrogen-bond donors (Lipinski definition) is 2. The van der Waals surface area contributed by atoms with Crippen LogP contribution in [-0.4, -0.2) is 55.8 Å². The first-order valence-corrected chi connectivity index (χ1v) is 8.93. The summed E-state index contributed by atoms with van der Waals surface area (Å²) in [6.45, 7) is 4.04. The van der Waals surface area contributed by atoms with Gasteiger partial charge >= 0.3 is 6.03 Å². The Morgan fingerprint density at radius 2 is 2.04 bits per heavy atom. The molecule has 3 aromatic rings. The highest BCUT2D eigenvalue weighted by Crippen LogP contribution is 2.26. The predicted molar refractivity (Wildman–Crippen MR) is 99.8 cm³/mol. The number of nitrogens with zero attached hydrogens (tertiary/aromatic N) is 5. The molecular weight excluding hydrogens is 354 g/mol. The molecule has 0 saturated carbocycles. The number of aromatic nitrogens is 4. The van der Waals surface area contributed by atoms with Crippen molar-refractivity contribution in [1.82, 2.24) is 23.6 Å². The minimum Gasteiger partial charge on any atom is -0.348 e. The molecule has 2 aromatic heterocycles. The van der Waals surface area contributed by atoms with Crippen LogP contribution in [0.2, 0.25) is 0 Å². The summed E-state index contributed by atoms with van der Waals surface area (Å²) in [5.74, 6) is 0.390. The second-order valence-electron chi connectivity index (χ2n) is 6.04. The number of amides is 2. The van der Waals surface area contributed by atoms with Crippen LogP contribution in [0.5, 0.6) is 0 Å². The molecule has 3 heterocycles. The van der Waals surface area contributed by atoms with Crippen LogP contribution in [0, 0.1) is 6.92 Å². The molecule has 1 aliphatic heterocycles. The molecule has 1 saturated heterocycles. The number of nitrogens with one attached hydrogen (secondary N) is 2. The van der Waals surface area contributed by atoms with Crippen molar-refractivity contribution in [2.45, 2.75) is 6.92 Å². The lowest BCUT2D eigenvalue weighted by Crippen LogP contribution is -2.51. The first-order chi connectivity index (χ1) is 12.6. The van der Waals surface area contributed by atoms with Gasteiger partial charge in [0, 0.05) is 38.6 Å². The number of piperazine rings is 1. The van der Waals surface area contributed by atoms with E-state index >= 15 is 0 Å². The number of benzene rings is 1. The zero-order valence-corrected chi connectivity index (χ0v) is 14.9. The molecule has 134 valence electrons. The molecule has 2 amide bonds. The molecule has 1 aliphatic rings. The zero-order chi connectivity index (χ0) is 18.1. The summed E-state index contributed by atoms with van der Waals surface area (Å²) in [5.41, 5.74) is 2.91. The minimum atomic E-state index is -0.219. The fourth-order valence-electron chi connectivity index (χ4n) is 2.99. The molecule has 0 unspecified atom stereocenters. The van der Waals surface area contributed by atoms with Gasteiger partial charge < -0.3 is 20.1 Å². The molecule has 4 rings (SSSR count). The maximum atomic E-state index is 12.7. The van der Waals surface area contributed by atoms with Gasteiger partial charge in [-0.2, -0.15) is 8.75 Å². The van der Waals surface area contributed by atoms with E-state index in [0.29, 0.717) is 43.2 Å². The van der Waals surface area contributed by atoms with Gasteiger partial charge in [0.25, 0.3) is 5.56 Å². The lowest BCUT2D eigenvalue weighted by atomic mass is 10.1. The van der Waals surface area contributed by atoms with Gasteiger partial charge in [-0.1, -0.05) is 6.07 Å². The summed E-state index contributed by atoms with van der Waals surface area (Å²) >= 11 is 1.13. The molecule has 1 aromatic carbocycles. The van der Waals surface area contributed by atoms with E-state index in [1.807, 2.05) is 24.0 Å². The molecule has 2 N–H and O–H groups in total. The molecule has 9 nitrogen and oxygen atoms in total. The van der Waals surface area contributed by atoms with Gasteiger partial charge in [-0.15, -0.1) is 0 Å². The van der Waals surface area contributed by atoms with Crippen LogP contribution < -0.4 is 15.8 Å². The number of aromatic amines is 1. The molecule has 10 heteroatoms. The lowest BCUT2D eigenvalue weighted by molar-refractivity contribution is 0.208. The monoisotopic (exact) mass is 371 g/mol. The number of H-pyrrole nitrogens is 1. The van der Waals surface area contributed by atoms with E-state index in [-0.39, 0.29) is 11.6 Å². The van der Waals surface area contributed by atoms with E-state index in [2.05, 4.69) is 24.0 Å². The van der Waals surface area contributed by atoms with Gasteiger partial charge in [-0.25, -0.2) is 9.78 Å². The van der Waals surface area contributed by atoms with E-state index in [1.54, 1.807) is 11.1 Å². The molecular formula is C16H17N7O2S. The normalized spacial score (nSPS) is 14.7. The number of carbonyl (C=O) groups is 1. The van der Waals surface area contributed by atoms with Crippen LogP contribution in [0.15, 0.2) is 29.3 Å². The number of aryl methyl sites for hydroxylation is 1. The Labute approximate surface area is 153 Å². The number of carbonyl (C=O) groups excluding carboxylic acids is 1. The molecule has 0 atom stereocenters. The van der Waals surface area contributed by atoms with Gasteiger partial charge in [0.1, 0.15) is 11.0 Å². The number of urea groups is 1. The fourth-order valence-corrected chi connectivity index (χ4v) is 3.53. The first kappa shape index (κ1) is 16.5. The second kappa shape index (κ2) is 6.71. The van der Waals surface area contributed by atoms with Crippen molar-refractivity contribution in [1.29, 1.82) is 0 Å². The Hall–Kier alpha value is -3.01. The van der Waals surface area contributed by atoms with E-state index in [9.17, 15) is 9.59 Å². The van der Waals surface area contributed by atoms with Crippen LogP contribution in [0.1, 0.15) is 5.56 Å². The van der Waals surface area contributed by atoms with Gasteiger partial charge in [0.15, 0.2) is 5.82 Å². The summed E-state index contributed by atoms with van der Waals surface area (Å²) in [4.78, 5) is 34.9. The highest BCUT2D eigenvalue weighted by atomic mass is 32.1. The van der Waals surface area contributed by atoms with Gasteiger partial charge in [-0.3, -0.25) is 4.79 Å². The van der Waals surface area contributed by atoms with Crippen molar-refractivity contribution in [3.8, 4) is 0 Å². The maximum Gasteiger partial charge on any atom is 0.322 e. The van der Waals surface area contributed by atoms with Crippen LogP contribution >= 0.6 is 11.7 Å². The number of rotatable bonds is 2. The van der Waals surface area contributed by atoms with Crippen molar-refractivity contribution in [2.24, 2.45) is 0 Å². The Morgan fingerprint density at radius 3 is 2.81 bits per heavy atom. The zero-order valence-electron chi connectivity index (χ0n) is 14.1. The SMILES string of the molecule is Cc1ccc2nsnc2c1NC(=O)N1CCN(c2ncc[nH]c2=O)CC1. The molecule has 26 heavy (non-hydrogen) atoms. The largest absolute Gasteiger partial charge is 0.348 e. The van der Waals surface area contributed by atoms with Crippen molar-refractivity contribution in [3.63, 3.8) is 0 Å². The Bertz CT molecular complexity index is 1010. The third-order valence-electron chi connectivity index (χ3n) is 4.42. The average molecular weight is 371 g/mol. The summed E-state index contributed by atoms with van der Waals surface area (Å²) in [6, 6.07) is 3.64. The van der Waals surface area contributed by atoms with Crippen LogP contribution in [-0.2, 0) is 0 Å². The van der Waals surface area contributed by atoms with Gasteiger partial charge in [0.05, 0.1) is 17.4 Å². The smallest absolute Gasteiger partial charge is 0.322 e. The molecule has 1 fully saturated rings. The van der Waals surface area contributed by atoms with Crippen molar-refractivity contribution < 1.29 is 4.79 Å². The Morgan fingerprint density at radius 1 is 1.23 bits per heavy atom. The summed E-state index contributed by atoms with van der Waals surface area (Å²) in [7, 11) is 0. The van der Waals surface area contributed by atoms with Gasteiger partial charge in [0.2, 0.25) is 0 Å². The van der Waals surface area contributed by atoms with E-state index in [4.69, 9.17) is 0 Å². The Balaban J connectivity index is 1.45. The first-order valence-electron chi connectivity index (χ1n) is 8.20. The predicted octanol–water partition coefficient (Wildman–Crippen LogP) is 1.44. The topological polar surface area (TPSA) is 107 Å². The van der Waals surface area contributed by atoms with Crippen LogP contribution in [0.4, 0.5) is 16.3 Å². The third kappa shape index (κ3) is 2.99. The van der Waals surface area contributed by atoms with Crippen molar-refractivity contribution in [3.05, 3.63) is 40.4 Å². The molecule has 0 aliphatic carbocycles. The quantitative estimate of drug-likeness (QED) is 0.706.